The van der Waals surface area contributed by atoms with E-state index in [1.807, 2.05) is 13.8 Å². The molecule has 3 aromatic carbocycles. The van der Waals surface area contributed by atoms with Gasteiger partial charge in [0, 0.05) is 22.0 Å². The zero-order chi connectivity index (χ0) is 28.8. The molecule has 3 aromatic rings. The maximum atomic E-state index is 15.0. The Hall–Kier alpha value is -4.04. The lowest BCUT2D eigenvalue weighted by Gasteiger charge is -2.61. The van der Waals surface area contributed by atoms with Crippen molar-refractivity contribution in [3.05, 3.63) is 77.3 Å². The van der Waals surface area contributed by atoms with Gasteiger partial charge in [-0.15, -0.1) is 0 Å². The highest BCUT2D eigenvalue weighted by Gasteiger charge is 2.77. The molecule has 1 spiro atoms. The molecule has 0 saturated carbocycles. The summed E-state index contributed by atoms with van der Waals surface area (Å²) < 4.78 is 10.6. The van der Waals surface area contributed by atoms with E-state index in [2.05, 4.69) is 0 Å². The summed E-state index contributed by atoms with van der Waals surface area (Å²) in [6.45, 7) is 7.26. The van der Waals surface area contributed by atoms with Crippen LogP contribution in [-0.2, 0) is 19.9 Å². The van der Waals surface area contributed by atoms with Gasteiger partial charge < -0.3 is 9.47 Å². The van der Waals surface area contributed by atoms with Crippen molar-refractivity contribution in [2.45, 2.75) is 39.4 Å². The number of ether oxygens (including phenoxy) is 2. The first-order valence-corrected chi connectivity index (χ1v) is 13.4. The molecule has 0 unspecified atom stereocenters. The van der Waals surface area contributed by atoms with Crippen LogP contribution in [0.5, 0.6) is 11.5 Å². The molecular formula is C31H30ClN3O5. The minimum Gasteiger partial charge on any atom is -0.497 e. The predicted octanol–water partition coefficient (Wildman–Crippen LogP) is 5.37. The standard InChI is InChI=1S/C31H30ClN3O5/c1-29(2)25(33(26(29)36)19-8-12-21(39-5)13-9-19)34-24-16-7-18(32)17-23(24)31(28(34)38)30(3,4)27(37)35(31)20-10-14-22(40-6)15-11-20/h7-17,25H,1-6H3/t25-,31+/m0/s1. The van der Waals surface area contributed by atoms with Crippen molar-refractivity contribution in [3.8, 4) is 11.5 Å². The van der Waals surface area contributed by atoms with Crippen LogP contribution in [0.1, 0.15) is 33.3 Å². The number of benzene rings is 3. The lowest BCUT2D eigenvalue weighted by Crippen LogP contribution is -2.80. The molecular weight excluding hydrogens is 530 g/mol. The van der Waals surface area contributed by atoms with Gasteiger partial charge in [-0.3, -0.25) is 29.1 Å². The van der Waals surface area contributed by atoms with E-state index in [-0.39, 0.29) is 17.7 Å². The first kappa shape index (κ1) is 26.2. The van der Waals surface area contributed by atoms with Gasteiger partial charge in [0.2, 0.25) is 11.8 Å². The Morgan fingerprint density at radius 1 is 0.700 bits per heavy atom. The summed E-state index contributed by atoms with van der Waals surface area (Å²) in [7, 11) is 3.15. The highest BCUT2D eigenvalue weighted by molar-refractivity contribution is 6.32. The Labute approximate surface area is 238 Å². The number of β-lactam (4-membered cyclic amide) rings is 2. The molecule has 2 fully saturated rings. The Morgan fingerprint density at radius 2 is 1.25 bits per heavy atom. The third kappa shape index (κ3) is 3.05. The van der Waals surface area contributed by atoms with Crippen molar-refractivity contribution >= 4 is 46.4 Å². The first-order valence-electron chi connectivity index (χ1n) is 13.0. The van der Waals surface area contributed by atoms with Gasteiger partial charge >= 0.3 is 0 Å². The normalized spacial score (nSPS) is 24.1. The van der Waals surface area contributed by atoms with Gasteiger partial charge in [-0.1, -0.05) is 11.6 Å². The van der Waals surface area contributed by atoms with Gasteiger partial charge in [0.25, 0.3) is 5.91 Å². The lowest BCUT2D eigenvalue weighted by atomic mass is 9.59. The first-order chi connectivity index (χ1) is 18.9. The number of hydrogen-bond donors (Lipinski definition) is 0. The molecule has 2 atom stereocenters. The molecule has 3 amide bonds. The van der Waals surface area contributed by atoms with E-state index < -0.39 is 22.5 Å². The molecule has 8 nitrogen and oxygen atoms in total. The smallest absolute Gasteiger partial charge is 0.260 e. The number of carbonyl (C=O) groups excluding carboxylic acids is 3. The zero-order valence-electron chi connectivity index (χ0n) is 23.2. The molecule has 9 heteroatoms. The number of hydrogen-bond acceptors (Lipinski definition) is 5. The molecule has 206 valence electrons. The van der Waals surface area contributed by atoms with E-state index in [1.54, 1.807) is 109 Å². The van der Waals surface area contributed by atoms with E-state index in [1.165, 1.54) is 0 Å². The molecule has 6 rings (SSSR count). The van der Waals surface area contributed by atoms with Crippen molar-refractivity contribution < 1.29 is 23.9 Å². The van der Waals surface area contributed by atoms with Crippen molar-refractivity contribution in [2.75, 3.05) is 28.9 Å². The van der Waals surface area contributed by atoms with Crippen LogP contribution in [-0.4, -0.2) is 38.1 Å². The molecule has 0 aliphatic carbocycles. The number of halogens is 1. The molecule has 40 heavy (non-hydrogen) atoms. The average Bonchev–Trinajstić information content (AvgIpc) is 3.20. The highest BCUT2D eigenvalue weighted by atomic mass is 35.5. The largest absolute Gasteiger partial charge is 0.497 e. The van der Waals surface area contributed by atoms with Gasteiger partial charge in [-0.05, 0) is 94.4 Å². The Morgan fingerprint density at radius 3 is 1.80 bits per heavy atom. The fourth-order valence-electron chi connectivity index (χ4n) is 6.55. The lowest BCUT2D eigenvalue weighted by molar-refractivity contribution is -0.154. The van der Waals surface area contributed by atoms with Crippen LogP contribution in [0, 0.1) is 10.8 Å². The van der Waals surface area contributed by atoms with Gasteiger partial charge in [-0.25, -0.2) is 0 Å². The summed E-state index contributed by atoms with van der Waals surface area (Å²) in [5.74, 6) is 0.721. The quantitative estimate of drug-likeness (QED) is 0.393. The fourth-order valence-corrected chi connectivity index (χ4v) is 6.73. The number of methoxy groups -OCH3 is 2. The summed E-state index contributed by atoms with van der Waals surface area (Å²) in [6.07, 6.45) is -0.635. The maximum absolute atomic E-state index is 15.0. The Bertz CT molecular complexity index is 1570. The summed E-state index contributed by atoms with van der Waals surface area (Å²) in [5, 5.41) is 0.452. The van der Waals surface area contributed by atoms with E-state index in [0.29, 0.717) is 39.1 Å². The SMILES string of the molecule is COc1ccc(N2C(=O)C(C)(C)[C@@H]2N2C(=O)[C@@]3(c4cc(Cl)ccc42)N(c2ccc(OC)cc2)C(=O)C3(C)C)cc1. The van der Waals surface area contributed by atoms with Gasteiger partial charge in [0.15, 0.2) is 5.54 Å². The van der Waals surface area contributed by atoms with Gasteiger partial charge in [-0.2, -0.15) is 0 Å². The van der Waals surface area contributed by atoms with Crippen LogP contribution in [0.25, 0.3) is 0 Å². The van der Waals surface area contributed by atoms with Crippen LogP contribution < -0.4 is 24.2 Å². The second-order valence-corrected chi connectivity index (χ2v) is 11.9. The summed E-state index contributed by atoms with van der Waals surface area (Å²) >= 11 is 6.52. The van der Waals surface area contributed by atoms with E-state index in [4.69, 9.17) is 21.1 Å². The van der Waals surface area contributed by atoms with Gasteiger partial charge in [0.05, 0.1) is 30.7 Å². The minimum absolute atomic E-state index is 0.108. The number of rotatable bonds is 5. The summed E-state index contributed by atoms with van der Waals surface area (Å²) in [5.41, 5.74) is -0.855. The molecule has 0 N–H and O–H groups in total. The molecule has 3 aliphatic rings. The highest BCUT2D eigenvalue weighted by Crippen LogP contribution is 2.64. The summed E-state index contributed by atoms with van der Waals surface area (Å²) in [6, 6.07) is 19.5. The van der Waals surface area contributed by atoms with Crippen LogP contribution >= 0.6 is 11.6 Å². The monoisotopic (exact) mass is 559 g/mol. The molecule has 3 heterocycles. The van der Waals surface area contributed by atoms with Crippen molar-refractivity contribution in [1.82, 2.24) is 0 Å². The van der Waals surface area contributed by atoms with Crippen molar-refractivity contribution in [3.63, 3.8) is 0 Å². The zero-order valence-corrected chi connectivity index (χ0v) is 23.9. The molecule has 2 saturated heterocycles. The van der Waals surface area contributed by atoms with E-state index in [0.717, 1.165) is 0 Å². The van der Waals surface area contributed by atoms with Crippen LogP contribution in [0.4, 0.5) is 17.1 Å². The average molecular weight is 560 g/mol. The van der Waals surface area contributed by atoms with Crippen LogP contribution in [0.15, 0.2) is 66.7 Å². The molecule has 3 aliphatic heterocycles. The van der Waals surface area contributed by atoms with Crippen molar-refractivity contribution in [1.29, 1.82) is 0 Å². The Kier molecular flexibility index (Phi) is 5.55. The minimum atomic E-state index is -1.36. The third-order valence-electron chi connectivity index (χ3n) is 8.70. The second kappa shape index (κ2) is 8.48. The Balaban J connectivity index is 1.53. The summed E-state index contributed by atoms with van der Waals surface area (Å²) in [4.78, 5) is 47.1. The number of nitrogens with zero attached hydrogens (tertiary/aromatic N) is 3. The number of amides is 3. The predicted molar refractivity (Wildman–Crippen MR) is 153 cm³/mol. The number of anilines is 3. The fraction of sp³-hybridized carbons (Fsp3) is 0.323. The topological polar surface area (TPSA) is 79.4 Å². The van der Waals surface area contributed by atoms with E-state index in [9.17, 15) is 14.4 Å². The second-order valence-electron chi connectivity index (χ2n) is 11.5. The van der Waals surface area contributed by atoms with Crippen molar-refractivity contribution in [2.24, 2.45) is 10.8 Å². The molecule has 0 radical (unpaired) electrons. The number of fused-ring (bicyclic) bond motifs is 2. The third-order valence-corrected chi connectivity index (χ3v) is 8.93. The van der Waals surface area contributed by atoms with E-state index >= 15 is 0 Å². The molecule has 0 aromatic heterocycles. The number of carbonyl (C=O) groups is 3. The van der Waals surface area contributed by atoms with Crippen LogP contribution in [0.2, 0.25) is 5.02 Å². The molecule has 0 bridgehead atoms. The van der Waals surface area contributed by atoms with Gasteiger partial charge in [0.1, 0.15) is 17.7 Å². The van der Waals surface area contributed by atoms with Crippen LogP contribution in [0.3, 0.4) is 0 Å². The maximum Gasteiger partial charge on any atom is 0.260 e.